The minimum Gasteiger partial charge on any atom is -0.477 e. The molecule has 3 N–H and O–H groups in total. The summed E-state index contributed by atoms with van der Waals surface area (Å²) in [5, 5.41) is 27.8. The van der Waals surface area contributed by atoms with Gasteiger partial charge in [-0.1, -0.05) is 13.8 Å². The zero-order valence-corrected chi connectivity index (χ0v) is 24.3. The fraction of sp³-hybridized carbons (Fsp3) is 0.741. The Kier molecular flexibility index (Phi) is 7.66. The summed E-state index contributed by atoms with van der Waals surface area (Å²) in [6, 6.07) is -0.566. The number of tetrazole rings is 1. The number of nitrogens with zero attached hydrogens (tertiary/aromatic N) is 6. The average molecular weight is 587 g/mol. The van der Waals surface area contributed by atoms with Crippen LogP contribution in [0, 0.1) is 17.8 Å². The van der Waals surface area contributed by atoms with Gasteiger partial charge < -0.3 is 25.5 Å². The zero-order chi connectivity index (χ0) is 28.9. The number of β-lactam (4-membered cyclic amide) rings is 1. The lowest BCUT2D eigenvalue weighted by atomic mass is 9.73. The van der Waals surface area contributed by atoms with Gasteiger partial charge in [-0.25, -0.2) is 9.48 Å². The molecule has 0 aromatic carbocycles. The van der Waals surface area contributed by atoms with Crippen LogP contribution in [0.1, 0.15) is 52.4 Å². The summed E-state index contributed by atoms with van der Waals surface area (Å²) in [7, 11) is 0. The van der Waals surface area contributed by atoms with Gasteiger partial charge in [-0.3, -0.25) is 14.4 Å². The number of fused-ring (bicyclic) bond motifs is 1. The quantitative estimate of drug-likeness (QED) is 0.340. The minimum absolute atomic E-state index is 0.0275. The van der Waals surface area contributed by atoms with Crippen LogP contribution in [-0.4, -0.2) is 108 Å². The van der Waals surface area contributed by atoms with Gasteiger partial charge in [0.15, 0.2) is 5.78 Å². The van der Waals surface area contributed by atoms with Crippen LogP contribution >= 0.6 is 11.8 Å². The lowest BCUT2D eigenvalue weighted by Crippen LogP contribution is -2.62. The second-order valence-electron chi connectivity index (χ2n) is 12.3. The van der Waals surface area contributed by atoms with E-state index in [0.717, 1.165) is 45.3 Å². The number of carboxylic acids is 1. The second kappa shape index (κ2) is 11.1. The van der Waals surface area contributed by atoms with Gasteiger partial charge in [0.25, 0.3) is 0 Å². The predicted molar refractivity (Wildman–Crippen MR) is 148 cm³/mol. The number of Topliss-reactive ketones (excluding diaryl/α,β-unsaturated/α-hetero) is 1. The van der Waals surface area contributed by atoms with Gasteiger partial charge in [-0.05, 0) is 61.5 Å². The molecule has 6 rings (SSSR count). The third-order valence-electron chi connectivity index (χ3n) is 9.76. The number of carboxylic acid groups (broad SMARTS) is 1. The summed E-state index contributed by atoms with van der Waals surface area (Å²) in [5.74, 6) is -2.11. The predicted octanol–water partition coefficient (Wildman–Crippen LogP) is 0.250. The van der Waals surface area contributed by atoms with Crippen LogP contribution < -0.4 is 10.6 Å². The third kappa shape index (κ3) is 4.97. The van der Waals surface area contributed by atoms with Crippen molar-refractivity contribution in [3.8, 4) is 0 Å². The number of rotatable bonds is 9. The van der Waals surface area contributed by atoms with Crippen LogP contribution in [0.4, 0.5) is 0 Å². The molecule has 6 atom stereocenters. The smallest absolute Gasteiger partial charge is 0.353 e. The number of thioether (sulfide) groups is 1. The Morgan fingerprint density at radius 3 is 2.73 bits per heavy atom. The largest absolute Gasteiger partial charge is 0.477 e. The van der Waals surface area contributed by atoms with Gasteiger partial charge in [-0.2, -0.15) is 0 Å². The molecular formula is C27H38N8O5S. The maximum Gasteiger partial charge on any atom is 0.353 e. The van der Waals surface area contributed by atoms with Gasteiger partial charge in [0.2, 0.25) is 11.8 Å². The Bertz CT molecular complexity index is 1250. The molecule has 41 heavy (non-hydrogen) atoms. The molecule has 14 heteroatoms. The molecule has 222 valence electrons. The van der Waals surface area contributed by atoms with Crippen molar-refractivity contribution in [1.29, 1.82) is 0 Å². The van der Waals surface area contributed by atoms with E-state index in [2.05, 4.69) is 31.1 Å². The van der Waals surface area contributed by atoms with Crippen molar-refractivity contribution in [2.75, 3.05) is 26.2 Å². The number of ketones is 1. The molecule has 4 fully saturated rings. The Morgan fingerprint density at radius 1 is 1.24 bits per heavy atom. The van der Waals surface area contributed by atoms with E-state index in [1.807, 2.05) is 13.8 Å². The van der Waals surface area contributed by atoms with E-state index in [0.29, 0.717) is 17.9 Å². The first-order valence-electron chi connectivity index (χ1n) is 14.7. The second-order valence-corrected chi connectivity index (χ2v) is 13.6. The molecule has 4 saturated heterocycles. The Morgan fingerprint density at radius 2 is 2.02 bits per heavy atom. The summed E-state index contributed by atoms with van der Waals surface area (Å²) in [6.07, 6.45) is 6.26. The minimum atomic E-state index is -1.11. The molecule has 2 amide bonds. The van der Waals surface area contributed by atoms with E-state index in [4.69, 9.17) is 0 Å². The molecule has 5 aliphatic heterocycles. The first kappa shape index (κ1) is 28.3. The number of nitrogens with one attached hydrogen (secondary N) is 2. The van der Waals surface area contributed by atoms with E-state index in [9.17, 15) is 24.3 Å². The van der Waals surface area contributed by atoms with E-state index >= 15 is 0 Å². The molecule has 1 spiro atoms. The van der Waals surface area contributed by atoms with Crippen molar-refractivity contribution in [3.63, 3.8) is 0 Å². The highest BCUT2D eigenvalue weighted by molar-refractivity contribution is 8.03. The third-order valence-corrected chi connectivity index (χ3v) is 11.3. The Hall–Kier alpha value is -2.84. The standard InChI is InChI=1S/C27H38N8O5S/c1-15(10-17(36)13-33-14-30-31-32-33)20-21-16(2)23(22(26(39)40)35(21)25(20)38)41-18-11-19(29-12-18)24(37)34-9-3-4-27(34)5-7-28-8-6-27/h14-16,18-21,28-29H,3-13H2,1-2H3,(H,39,40)/t15-,16+,18-,19-,20+,21+/m0/s1. The molecule has 0 bridgehead atoms. The number of carbonyl (C=O) groups is 4. The van der Waals surface area contributed by atoms with E-state index in [1.165, 1.54) is 27.7 Å². The fourth-order valence-corrected chi connectivity index (χ4v) is 9.27. The lowest BCUT2D eigenvalue weighted by Gasteiger charge is -2.47. The van der Waals surface area contributed by atoms with Crippen LogP contribution in [0.3, 0.4) is 0 Å². The molecule has 13 nitrogen and oxygen atoms in total. The molecule has 1 aromatic rings. The summed E-state index contributed by atoms with van der Waals surface area (Å²) in [5.41, 5.74) is 0.0317. The maximum absolute atomic E-state index is 13.6. The van der Waals surface area contributed by atoms with Crippen molar-refractivity contribution >= 4 is 35.3 Å². The number of hydrogen-bond donors (Lipinski definition) is 3. The molecule has 0 aliphatic carbocycles. The average Bonchev–Trinajstić information content (AvgIpc) is 3.73. The summed E-state index contributed by atoms with van der Waals surface area (Å²) < 4.78 is 1.35. The molecule has 0 saturated carbocycles. The Balaban J connectivity index is 1.10. The van der Waals surface area contributed by atoms with Crippen molar-refractivity contribution in [1.82, 2.24) is 40.6 Å². The SMILES string of the molecule is C[C@@H](CC(=O)Cn1cnnn1)[C@H]1C(=O)N2C(C(=O)O)=C(S[C@@H]3CN[C@H](C(=O)N4CCCC45CCNCC5)C3)[C@H](C)[C@H]12. The van der Waals surface area contributed by atoms with Crippen LogP contribution in [0.25, 0.3) is 0 Å². The van der Waals surface area contributed by atoms with Crippen LogP contribution in [-0.2, 0) is 25.7 Å². The monoisotopic (exact) mass is 586 g/mol. The van der Waals surface area contributed by atoms with Gasteiger partial charge >= 0.3 is 5.97 Å². The number of aliphatic carboxylic acids is 1. The van der Waals surface area contributed by atoms with Crippen molar-refractivity contribution in [2.45, 2.75) is 81.8 Å². The van der Waals surface area contributed by atoms with Crippen LogP contribution in [0.5, 0.6) is 0 Å². The number of amides is 2. The van der Waals surface area contributed by atoms with Gasteiger partial charge in [0, 0.05) is 41.1 Å². The highest BCUT2D eigenvalue weighted by Crippen LogP contribution is 2.53. The molecule has 5 aliphatic rings. The molecule has 1 aromatic heterocycles. The number of carbonyl (C=O) groups excluding carboxylic acids is 3. The van der Waals surface area contributed by atoms with Crippen LogP contribution in [0.15, 0.2) is 16.9 Å². The maximum atomic E-state index is 13.6. The molecule has 0 unspecified atom stereocenters. The molecular weight excluding hydrogens is 548 g/mol. The summed E-state index contributed by atoms with van der Waals surface area (Å²) in [4.78, 5) is 56.1. The van der Waals surface area contributed by atoms with Crippen molar-refractivity contribution < 1.29 is 24.3 Å². The molecule has 0 radical (unpaired) electrons. The lowest BCUT2D eigenvalue weighted by molar-refractivity contribution is -0.160. The van der Waals surface area contributed by atoms with E-state index in [1.54, 1.807) is 0 Å². The first-order valence-corrected chi connectivity index (χ1v) is 15.5. The van der Waals surface area contributed by atoms with Crippen LogP contribution in [0.2, 0.25) is 0 Å². The summed E-state index contributed by atoms with van der Waals surface area (Å²) in [6.45, 7) is 7.17. The van der Waals surface area contributed by atoms with E-state index in [-0.39, 0.29) is 71.0 Å². The number of hydrogen-bond acceptors (Lipinski definition) is 10. The van der Waals surface area contributed by atoms with Crippen molar-refractivity contribution in [3.05, 3.63) is 16.9 Å². The number of likely N-dealkylation sites (tertiary alicyclic amines) is 1. The fourth-order valence-electron chi connectivity index (χ4n) is 7.79. The Labute approximate surface area is 242 Å². The normalized spacial score (nSPS) is 31.5. The van der Waals surface area contributed by atoms with Gasteiger partial charge in [-0.15, -0.1) is 16.9 Å². The summed E-state index contributed by atoms with van der Waals surface area (Å²) >= 11 is 1.50. The van der Waals surface area contributed by atoms with Crippen molar-refractivity contribution in [2.24, 2.45) is 17.8 Å². The van der Waals surface area contributed by atoms with E-state index < -0.39 is 11.9 Å². The number of aromatic nitrogens is 4. The number of piperidine rings is 1. The highest BCUT2D eigenvalue weighted by atomic mass is 32.2. The molecule has 6 heterocycles. The topological polar surface area (TPSA) is 163 Å². The highest BCUT2D eigenvalue weighted by Gasteiger charge is 2.60. The first-order chi connectivity index (χ1) is 19.7. The van der Waals surface area contributed by atoms with Gasteiger partial charge in [0.05, 0.1) is 18.0 Å². The van der Waals surface area contributed by atoms with Gasteiger partial charge in [0.1, 0.15) is 18.6 Å². The zero-order valence-electron chi connectivity index (χ0n) is 23.5.